The molecule has 0 aromatic rings. The van der Waals surface area contributed by atoms with E-state index in [-0.39, 0.29) is 23.8 Å². The van der Waals surface area contributed by atoms with Crippen LogP contribution in [-0.2, 0) is 9.59 Å². The van der Waals surface area contributed by atoms with Crippen molar-refractivity contribution in [1.29, 1.82) is 0 Å². The van der Waals surface area contributed by atoms with Gasteiger partial charge < -0.3 is 15.5 Å². The molecular formula is C16H29N3O2. The Morgan fingerprint density at radius 3 is 2.71 bits per heavy atom. The van der Waals surface area contributed by atoms with E-state index in [1.165, 1.54) is 6.42 Å². The largest absolute Gasteiger partial charge is 0.353 e. The minimum absolute atomic E-state index is 0.0816. The van der Waals surface area contributed by atoms with Gasteiger partial charge in [-0.1, -0.05) is 6.42 Å². The third-order valence-corrected chi connectivity index (χ3v) is 4.77. The van der Waals surface area contributed by atoms with Gasteiger partial charge in [0, 0.05) is 32.5 Å². The highest BCUT2D eigenvalue weighted by molar-refractivity contribution is 5.79. The molecule has 3 unspecified atom stereocenters. The summed E-state index contributed by atoms with van der Waals surface area (Å²) < 4.78 is 0. The Balaban J connectivity index is 1.71. The zero-order chi connectivity index (χ0) is 15.2. The van der Waals surface area contributed by atoms with Crippen LogP contribution < -0.4 is 10.6 Å². The fraction of sp³-hybridized carbons (Fsp3) is 0.875. The lowest BCUT2D eigenvalue weighted by Crippen LogP contribution is -2.42. The molecule has 3 atom stereocenters. The molecule has 1 saturated heterocycles. The van der Waals surface area contributed by atoms with Crippen LogP contribution in [0.4, 0.5) is 0 Å². The zero-order valence-corrected chi connectivity index (χ0v) is 13.4. The number of carbonyl (C=O) groups excluding carboxylic acids is 2. The van der Waals surface area contributed by atoms with Crippen molar-refractivity contribution in [2.45, 2.75) is 51.0 Å². The number of carbonyl (C=O) groups is 2. The van der Waals surface area contributed by atoms with Crippen molar-refractivity contribution in [3.05, 3.63) is 0 Å². The van der Waals surface area contributed by atoms with Gasteiger partial charge in [-0.15, -0.1) is 0 Å². The van der Waals surface area contributed by atoms with Gasteiger partial charge in [0.25, 0.3) is 0 Å². The van der Waals surface area contributed by atoms with E-state index in [0.29, 0.717) is 12.3 Å². The predicted octanol–water partition coefficient (Wildman–Crippen LogP) is 1.14. The molecule has 120 valence electrons. The molecule has 0 aromatic heterocycles. The highest BCUT2D eigenvalue weighted by Gasteiger charge is 2.29. The average Bonchev–Trinajstić information content (AvgIpc) is 2.98. The van der Waals surface area contributed by atoms with Gasteiger partial charge >= 0.3 is 0 Å². The van der Waals surface area contributed by atoms with Crippen LogP contribution in [0.15, 0.2) is 0 Å². The Morgan fingerprint density at radius 1 is 1.24 bits per heavy atom. The van der Waals surface area contributed by atoms with Gasteiger partial charge in [0.15, 0.2) is 0 Å². The molecule has 1 aliphatic carbocycles. The first-order valence-electron chi connectivity index (χ1n) is 8.27. The van der Waals surface area contributed by atoms with E-state index in [2.05, 4.69) is 10.6 Å². The zero-order valence-electron chi connectivity index (χ0n) is 13.4. The van der Waals surface area contributed by atoms with E-state index >= 15 is 0 Å². The minimum atomic E-state index is 0.0816. The quantitative estimate of drug-likeness (QED) is 0.799. The maximum absolute atomic E-state index is 12.1. The summed E-state index contributed by atoms with van der Waals surface area (Å²) in [4.78, 5) is 25.8. The second-order valence-electron chi connectivity index (χ2n) is 6.76. The first-order valence-corrected chi connectivity index (χ1v) is 8.27. The van der Waals surface area contributed by atoms with Crippen LogP contribution in [0.25, 0.3) is 0 Å². The summed E-state index contributed by atoms with van der Waals surface area (Å²) in [7, 11) is 3.61. The number of amides is 2. The molecule has 5 heteroatoms. The first kappa shape index (κ1) is 16.3. The maximum atomic E-state index is 12.1. The van der Waals surface area contributed by atoms with Crippen LogP contribution in [0.3, 0.4) is 0 Å². The summed E-state index contributed by atoms with van der Waals surface area (Å²) in [6, 6.07) is 0.182. The molecule has 0 aromatic carbocycles. The van der Waals surface area contributed by atoms with Gasteiger partial charge in [-0.25, -0.2) is 0 Å². The molecule has 1 aliphatic heterocycles. The Morgan fingerprint density at radius 2 is 2.05 bits per heavy atom. The fourth-order valence-corrected chi connectivity index (χ4v) is 3.51. The van der Waals surface area contributed by atoms with Gasteiger partial charge in [0.05, 0.1) is 0 Å². The summed E-state index contributed by atoms with van der Waals surface area (Å²) in [6.45, 7) is 2.14. The van der Waals surface area contributed by atoms with Crippen molar-refractivity contribution in [3.63, 3.8) is 0 Å². The van der Waals surface area contributed by atoms with Crippen molar-refractivity contribution in [3.8, 4) is 0 Å². The summed E-state index contributed by atoms with van der Waals surface area (Å²) >= 11 is 0. The van der Waals surface area contributed by atoms with E-state index in [0.717, 1.165) is 45.2 Å². The standard InChI is InChI=1S/C16H29N3O2/c1-19(2)16(21)13-4-3-5-14(10-13)18-15(20)7-6-12-8-9-17-11-12/h12-14,17H,3-11H2,1-2H3,(H,18,20). The van der Waals surface area contributed by atoms with Gasteiger partial charge in [0.2, 0.25) is 11.8 Å². The second kappa shape index (κ2) is 7.78. The molecule has 2 rings (SSSR count). The van der Waals surface area contributed by atoms with Crippen LogP contribution in [0.1, 0.15) is 44.9 Å². The minimum Gasteiger partial charge on any atom is -0.353 e. The molecule has 2 fully saturated rings. The lowest BCUT2D eigenvalue weighted by Gasteiger charge is -2.30. The molecular weight excluding hydrogens is 266 g/mol. The van der Waals surface area contributed by atoms with Crippen molar-refractivity contribution < 1.29 is 9.59 Å². The summed E-state index contributed by atoms with van der Waals surface area (Å²) in [5.41, 5.74) is 0. The van der Waals surface area contributed by atoms with E-state index < -0.39 is 0 Å². The molecule has 2 N–H and O–H groups in total. The van der Waals surface area contributed by atoms with Crippen molar-refractivity contribution >= 4 is 11.8 Å². The topological polar surface area (TPSA) is 61.4 Å². The molecule has 21 heavy (non-hydrogen) atoms. The van der Waals surface area contributed by atoms with E-state index in [4.69, 9.17) is 0 Å². The van der Waals surface area contributed by atoms with E-state index in [1.807, 2.05) is 0 Å². The predicted molar refractivity (Wildman–Crippen MR) is 82.8 cm³/mol. The van der Waals surface area contributed by atoms with E-state index in [1.54, 1.807) is 19.0 Å². The third-order valence-electron chi connectivity index (χ3n) is 4.77. The lowest BCUT2D eigenvalue weighted by atomic mass is 9.84. The average molecular weight is 295 g/mol. The van der Waals surface area contributed by atoms with Gasteiger partial charge in [-0.2, -0.15) is 0 Å². The van der Waals surface area contributed by atoms with Crippen molar-refractivity contribution in [2.75, 3.05) is 27.2 Å². The number of hydrogen-bond donors (Lipinski definition) is 2. The molecule has 2 amide bonds. The van der Waals surface area contributed by atoms with Gasteiger partial charge in [0.1, 0.15) is 0 Å². The molecule has 0 bridgehead atoms. The van der Waals surface area contributed by atoms with Crippen LogP contribution in [0, 0.1) is 11.8 Å². The fourth-order valence-electron chi connectivity index (χ4n) is 3.51. The van der Waals surface area contributed by atoms with Crippen LogP contribution >= 0.6 is 0 Å². The molecule has 1 heterocycles. The van der Waals surface area contributed by atoms with Crippen LogP contribution in [0.2, 0.25) is 0 Å². The van der Waals surface area contributed by atoms with Crippen LogP contribution in [0.5, 0.6) is 0 Å². The summed E-state index contributed by atoms with van der Waals surface area (Å²) in [5, 5.41) is 6.47. The monoisotopic (exact) mass is 295 g/mol. The normalized spacial score (nSPS) is 29.1. The Hall–Kier alpha value is -1.10. The first-order chi connectivity index (χ1) is 10.1. The highest BCUT2D eigenvalue weighted by atomic mass is 16.2. The maximum Gasteiger partial charge on any atom is 0.225 e. The lowest BCUT2D eigenvalue weighted by molar-refractivity contribution is -0.134. The van der Waals surface area contributed by atoms with E-state index in [9.17, 15) is 9.59 Å². The van der Waals surface area contributed by atoms with Gasteiger partial charge in [-0.05, 0) is 51.1 Å². The Labute approximate surface area is 127 Å². The van der Waals surface area contributed by atoms with Gasteiger partial charge in [-0.3, -0.25) is 9.59 Å². The summed E-state index contributed by atoms with van der Waals surface area (Å²) in [6.07, 6.45) is 6.58. The highest BCUT2D eigenvalue weighted by Crippen LogP contribution is 2.26. The number of hydrogen-bond acceptors (Lipinski definition) is 3. The summed E-state index contributed by atoms with van der Waals surface area (Å²) in [5.74, 6) is 1.10. The molecule has 1 saturated carbocycles. The number of nitrogens with one attached hydrogen (secondary N) is 2. The molecule has 5 nitrogen and oxygen atoms in total. The molecule has 2 aliphatic rings. The molecule has 0 spiro atoms. The second-order valence-corrected chi connectivity index (χ2v) is 6.76. The third kappa shape index (κ3) is 4.99. The SMILES string of the molecule is CN(C)C(=O)C1CCCC(NC(=O)CCC2CCNC2)C1. The van der Waals surface area contributed by atoms with Crippen LogP contribution in [-0.4, -0.2) is 49.9 Å². The Kier molecular flexibility index (Phi) is 6.03. The van der Waals surface area contributed by atoms with Crippen molar-refractivity contribution in [1.82, 2.24) is 15.5 Å². The van der Waals surface area contributed by atoms with Crippen molar-refractivity contribution in [2.24, 2.45) is 11.8 Å². The smallest absolute Gasteiger partial charge is 0.225 e. The molecule has 0 radical (unpaired) electrons. The number of rotatable bonds is 5. The number of nitrogens with zero attached hydrogens (tertiary/aromatic N) is 1. The Bertz CT molecular complexity index is 365.